The lowest BCUT2D eigenvalue weighted by molar-refractivity contribution is 0.188. The van der Waals surface area contributed by atoms with E-state index in [9.17, 15) is 5.11 Å². The van der Waals surface area contributed by atoms with Gasteiger partial charge >= 0.3 is 0 Å². The molecule has 1 aromatic rings. The van der Waals surface area contributed by atoms with Gasteiger partial charge in [-0.1, -0.05) is 23.1 Å². The van der Waals surface area contributed by atoms with Crippen molar-refractivity contribution in [2.45, 2.75) is 35.0 Å². The van der Waals surface area contributed by atoms with Gasteiger partial charge in [0, 0.05) is 5.25 Å². The molecule has 1 N–H and O–H groups in total. The quantitative estimate of drug-likeness (QED) is 0.790. The molecular weight excluding hydrogens is 192 g/mol. The molecule has 0 aliphatic heterocycles. The van der Waals surface area contributed by atoms with Crippen molar-refractivity contribution >= 4 is 23.1 Å². The van der Waals surface area contributed by atoms with Gasteiger partial charge in [-0.2, -0.15) is 0 Å². The number of thioether (sulfide) groups is 1. The summed E-state index contributed by atoms with van der Waals surface area (Å²) < 4.78 is 0.973. The lowest BCUT2D eigenvalue weighted by Gasteiger charge is -2.10. The second-order valence-electron chi connectivity index (χ2n) is 2.86. The monoisotopic (exact) mass is 202 g/mol. The number of rotatable bonds is 2. The van der Waals surface area contributed by atoms with Crippen molar-refractivity contribution in [3.05, 3.63) is 5.51 Å². The molecule has 0 aromatic carbocycles. The van der Waals surface area contributed by atoms with Gasteiger partial charge in [-0.05, 0) is 19.3 Å². The van der Waals surface area contributed by atoms with Crippen molar-refractivity contribution in [2.75, 3.05) is 0 Å². The summed E-state index contributed by atoms with van der Waals surface area (Å²) in [5.41, 5.74) is 1.73. The Kier molecular flexibility index (Phi) is 2.63. The summed E-state index contributed by atoms with van der Waals surface area (Å²) in [5, 5.41) is 17.6. The van der Waals surface area contributed by atoms with Crippen molar-refractivity contribution in [1.82, 2.24) is 10.2 Å². The topological polar surface area (TPSA) is 46.0 Å². The van der Waals surface area contributed by atoms with Crippen molar-refractivity contribution in [3.8, 4) is 0 Å². The molecule has 1 heterocycles. The number of aromatic nitrogens is 2. The summed E-state index contributed by atoms with van der Waals surface area (Å²) >= 11 is 3.20. The highest BCUT2D eigenvalue weighted by atomic mass is 32.2. The van der Waals surface area contributed by atoms with Crippen molar-refractivity contribution < 1.29 is 5.11 Å². The maximum absolute atomic E-state index is 9.52. The van der Waals surface area contributed by atoms with Gasteiger partial charge in [-0.15, -0.1) is 10.2 Å². The van der Waals surface area contributed by atoms with E-state index < -0.39 is 0 Å². The van der Waals surface area contributed by atoms with E-state index >= 15 is 0 Å². The number of nitrogens with zero attached hydrogens (tertiary/aromatic N) is 2. The van der Waals surface area contributed by atoms with Gasteiger partial charge in [0.25, 0.3) is 0 Å². The van der Waals surface area contributed by atoms with E-state index in [1.54, 1.807) is 28.6 Å². The Morgan fingerprint density at radius 2 is 2.50 bits per heavy atom. The molecule has 1 saturated carbocycles. The first-order chi connectivity index (χ1) is 5.86. The highest BCUT2D eigenvalue weighted by Crippen LogP contribution is 2.35. The average molecular weight is 202 g/mol. The van der Waals surface area contributed by atoms with Crippen LogP contribution in [0.1, 0.15) is 19.3 Å². The van der Waals surface area contributed by atoms with Crippen LogP contribution < -0.4 is 0 Å². The molecule has 1 aliphatic rings. The van der Waals surface area contributed by atoms with Gasteiger partial charge in [0.2, 0.25) is 0 Å². The minimum absolute atomic E-state index is 0.140. The molecule has 0 spiro atoms. The lowest BCUT2D eigenvalue weighted by atomic mass is 10.3. The molecule has 66 valence electrons. The summed E-state index contributed by atoms with van der Waals surface area (Å²) in [6.45, 7) is 0. The number of hydrogen-bond acceptors (Lipinski definition) is 5. The average Bonchev–Trinajstić information content (AvgIpc) is 2.65. The molecule has 1 aromatic heterocycles. The maximum Gasteiger partial charge on any atom is 0.174 e. The predicted molar refractivity (Wildman–Crippen MR) is 49.4 cm³/mol. The fraction of sp³-hybridized carbons (Fsp3) is 0.714. The molecule has 0 bridgehead atoms. The Labute approximate surface area is 79.2 Å². The first kappa shape index (κ1) is 8.47. The second kappa shape index (κ2) is 3.72. The van der Waals surface area contributed by atoms with Crippen LogP contribution in [0.15, 0.2) is 9.85 Å². The van der Waals surface area contributed by atoms with Gasteiger partial charge in [0.1, 0.15) is 5.51 Å². The molecule has 2 atom stereocenters. The van der Waals surface area contributed by atoms with Crippen LogP contribution in [0, 0.1) is 0 Å². The smallest absolute Gasteiger partial charge is 0.174 e. The van der Waals surface area contributed by atoms with Crippen LogP contribution in [0.2, 0.25) is 0 Å². The molecule has 1 fully saturated rings. The molecule has 0 radical (unpaired) electrons. The third-order valence-corrected chi connectivity index (χ3v) is 4.21. The predicted octanol–water partition coefficient (Wildman–Crippen LogP) is 1.54. The van der Waals surface area contributed by atoms with Crippen LogP contribution in [-0.4, -0.2) is 26.7 Å². The minimum atomic E-state index is -0.140. The van der Waals surface area contributed by atoms with Crippen LogP contribution in [0.3, 0.4) is 0 Å². The first-order valence-electron chi connectivity index (χ1n) is 3.97. The summed E-state index contributed by atoms with van der Waals surface area (Å²) in [6, 6.07) is 0. The molecule has 0 amide bonds. The van der Waals surface area contributed by atoms with Crippen molar-refractivity contribution in [1.29, 1.82) is 0 Å². The van der Waals surface area contributed by atoms with Gasteiger partial charge in [-0.25, -0.2) is 0 Å². The summed E-state index contributed by atoms with van der Waals surface area (Å²) in [6.07, 6.45) is 3.04. The Bertz CT molecular complexity index is 240. The van der Waals surface area contributed by atoms with E-state index in [-0.39, 0.29) is 6.10 Å². The van der Waals surface area contributed by atoms with Crippen LogP contribution in [0.5, 0.6) is 0 Å². The summed E-state index contributed by atoms with van der Waals surface area (Å²) in [7, 11) is 0. The Morgan fingerprint density at radius 1 is 1.58 bits per heavy atom. The molecule has 2 rings (SSSR count). The van der Waals surface area contributed by atoms with Crippen LogP contribution in [-0.2, 0) is 0 Å². The van der Waals surface area contributed by atoms with Gasteiger partial charge < -0.3 is 5.11 Å². The normalized spacial score (nSPS) is 29.4. The van der Waals surface area contributed by atoms with Crippen LogP contribution in [0.25, 0.3) is 0 Å². The molecular formula is C7H10N2OS2. The Hall–Kier alpha value is -0.130. The van der Waals surface area contributed by atoms with E-state index in [0.717, 1.165) is 23.6 Å². The zero-order valence-corrected chi connectivity index (χ0v) is 8.14. The fourth-order valence-electron chi connectivity index (χ4n) is 1.39. The van der Waals surface area contributed by atoms with Gasteiger partial charge in [0.05, 0.1) is 6.10 Å². The third kappa shape index (κ3) is 1.78. The SMILES string of the molecule is OC1CCCC1Sc1nncs1. The fourth-order valence-corrected chi connectivity index (χ4v) is 3.32. The van der Waals surface area contributed by atoms with Crippen molar-refractivity contribution in [3.63, 3.8) is 0 Å². The lowest BCUT2D eigenvalue weighted by Crippen LogP contribution is -2.14. The zero-order chi connectivity index (χ0) is 8.39. The number of hydrogen-bond donors (Lipinski definition) is 1. The van der Waals surface area contributed by atoms with E-state index in [2.05, 4.69) is 10.2 Å². The third-order valence-electron chi connectivity index (χ3n) is 2.01. The zero-order valence-electron chi connectivity index (χ0n) is 6.51. The number of aliphatic hydroxyl groups is 1. The first-order valence-corrected chi connectivity index (χ1v) is 5.73. The van der Waals surface area contributed by atoms with Gasteiger partial charge in [0.15, 0.2) is 4.34 Å². The van der Waals surface area contributed by atoms with Crippen LogP contribution in [0.4, 0.5) is 0 Å². The summed E-state index contributed by atoms with van der Waals surface area (Å²) in [5.74, 6) is 0. The van der Waals surface area contributed by atoms with Crippen molar-refractivity contribution in [2.24, 2.45) is 0 Å². The van der Waals surface area contributed by atoms with E-state index in [0.29, 0.717) is 5.25 Å². The van der Waals surface area contributed by atoms with Gasteiger partial charge in [-0.3, -0.25) is 0 Å². The Balaban J connectivity index is 1.95. The molecule has 12 heavy (non-hydrogen) atoms. The maximum atomic E-state index is 9.52. The van der Waals surface area contributed by atoms with E-state index in [1.165, 1.54) is 0 Å². The second-order valence-corrected chi connectivity index (χ2v) is 5.18. The summed E-state index contributed by atoms with van der Waals surface area (Å²) in [4.78, 5) is 0. The standard InChI is InChI=1S/C7H10N2OS2/c10-5-2-1-3-6(5)12-7-9-8-4-11-7/h4-6,10H,1-3H2. The van der Waals surface area contributed by atoms with E-state index in [1.807, 2.05) is 0 Å². The van der Waals surface area contributed by atoms with Crippen LogP contribution >= 0.6 is 23.1 Å². The molecule has 3 nitrogen and oxygen atoms in total. The molecule has 0 saturated heterocycles. The highest BCUT2D eigenvalue weighted by molar-refractivity contribution is 8.01. The Morgan fingerprint density at radius 3 is 3.08 bits per heavy atom. The highest BCUT2D eigenvalue weighted by Gasteiger charge is 2.26. The molecule has 1 aliphatic carbocycles. The molecule has 5 heteroatoms. The number of aliphatic hydroxyl groups excluding tert-OH is 1. The molecule has 2 unspecified atom stereocenters. The largest absolute Gasteiger partial charge is 0.392 e. The van der Waals surface area contributed by atoms with E-state index in [4.69, 9.17) is 0 Å². The minimum Gasteiger partial charge on any atom is -0.392 e.